The Bertz CT molecular complexity index is 1700. The quantitative estimate of drug-likeness (QED) is 0.0928. The van der Waals surface area contributed by atoms with Gasteiger partial charge in [0.05, 0.1) is 37.3 Å². The van der Waals surface area contributed by atoms with Crippen molar-refractivity contribution < 1.29 is 42.9 Å². The Hall–Kier alpha value is -5.30. The molecule has 3 aromatic rings. The Morgan fingerprint density at radius 2 is 1.50 bits per heavy atom. The number of amides is 3. The van der Waals surface area contributed by atoms with E-state index in [-0.39, 0.29) is 18.5 Å². The van der Waals surface area contributed by atoms with Crippen LogP contribution in [0.4, 0.5) is 16.2 Å². The van der Waals surface area contributed by atoms with Crippen molar-refractivity contribution in [3.63, 3.8) is 0 Å². The summed E-state index contributed by atoms with van der Waals surface area (Å²) in [5.41, 5.74) is 2.03. The highest BCUT2D eigenvalue weighted by atomic mass is 16.6. The van der Waals surface area contributed by atoms with E-state index < -0.39 is 17.6 Å². The summed E-state index contributed by atoms with van der Waals surface area (Å²) in [5.74, 6) is 0.342. The van der Waals surface area contributed by atoms with Crippen LogP contribution in [0.3, 0.4) is 0 Å². The average molecular weight is 749 g/mol. The van der Waals surface area contributed by atoms with E-state index in [2.05, 4.69) is 10.6 Å². The van der Waals surface area contributed by atoms with Crippen LogP contribution in [0.2, 0.25) is 0 Å². The Kier molecular flexibility index (Phi) is 17.1. The van der Waals surface area contributed by atoms with Crippen molar-refractivity contribution in [2.75, 3.05) is 71.4 Å². The minimum atomic E-state index is -0.586. The van der Waals surface area contributed by atoms with Gasteiger partial charge in [-0.15, -0.1) is 0 Å². The molecular formula is C41H56N4O9. The molecule has 3 amide bonds. The first-order chi connectivity index (χ1) is 25.7. The lowest BCUT2D eigenvalue weighted by atomic mass is 10.1. The third kappa shape index (κ3) is 14.6. The highest BCUT2D eigenvalue weighted by molar-refractivity contribution is 6.09. The number of carbonyl (C=O) groups excluding carboxylic acids is 4. The molecule has 0 bridgehead atoms. The highest BCUT2D eigenvalue weighted by Gasteiger charge is 2.21. The Labute approximate surface area is 319 Å². The fraction of sp³-hybridized carbons (Fsp3) is 0.463. The third-order valence-electron chi connectivity index (χ3n) is 7.94. The van der Waals surface area contributed by atoms with Crippen LogP contribution in [0.5, 0.6) is 17.2 Å². The number of esters is 1. The van der Waals surface area contributed by atoms with Gasteiger partial charge in [0.25, 0.3) is 11.8 Å². The number of para-hydroxylation sites is 1. The van der Waals surface area contributed by atoms with E-state index in [4.69, 9.17) is 23.7 Å². The van der Waals surface area contributed by atoms with Crippen molar-refractivity contribution in [1.82, 2.24) is 10.2 Å². The first kappa shape index (κ1) is 43.1. The second kappa shape index (κ2) is 21.4. The number of likely N-dealkylation sites (N-methyl/N-ethyl adjacent to an activating group) is 1. The highest BCUT2D eigenvalue weighted by Crippen LogP contribution is 2.32. The Morgan fingerprint density at radius 1 is 0.778 bits per heavy atom. The summed E-state index contributed by atoms with van der Waals surface area (Å²) in [6, 6.07) is 17.3. The van der Waals surface area contributed by atoms with Gasteiger partial charge in [-0.1, -0.05) is 18.2 Å². The van der Waals surface area contributed by atoms with Crippen LogP contribution >= 0.6 is 0 Å². The molecule has 13 nitrogen and oxygen atoms in total. The first-order valence-electron chi connectivity index (χ1n) is 18.2. The number of anilines is 2. The maximum absolute atomic E-state index is 13.7. The maximum atomic E-state index is 13.7. The van der Waals surface area contributed by atoms with Gasteiger partial charge in [-0.25, -0.2) is 4.79 Å². The second-order valence-electron chi connectivity index (χ2n) is 14.0. The van der Waals surface area contributed by atoms with E-state index >= 15 is 0 Å². The molecule has 3 aromatic carbocycles. The van der Waals surface area contributed by atoms with E-state index in [0.29, 0.717) is 85.3 Å². The molecular weight excluding hydrogens is 692 g/mol. The molecule has 3 rings (SSSR count). The molecule has 294 valence electrons. The van der Waals surface area contributed by atoms with Crippen molar-refractivity contribution in [2.45, 2.75) is 65.4 Å². The summed E-state index contributed by atoms with van der Waals surface area (Å²) >= 11 is 0. The topological polar surface area (TPSA) is 145 Å². The van der Waals surface area contributed by atoms with Crippen LogP contribution in [-0.4, -0.2) is 95.5 Å². The molecule has 0 radical (unpaired) electrons. The zero-order valence-electron chi connectivity index (χ0n) is 32.9. The van der Waals surface area contributed by atoms with Gasteiger partial charge in [0, 0.05) is 32.1 Å². The minimum Gasteiger partial charge on any atom is -0.495 e. The predicted octanol–water partition coefficient (Wildman–Crippen LogP) is 6.87. The van der Waals surface area contributed by atoms with Gasteiger partial charge in [0.15, 0.2) is 0 Å². The van der Waals surface area contributed by atoms with E-state index in [1.165, 1.54) is 12.0 Å². The molecule has 0 spiro atoms. The summed E-state index contributed by atoms with van der Waals surface area (Å²) in [6.45, 7) is 9.45. The number of rotatable bonds is 20. The largest absolute Gasteiger partial charge is 0.495 e. The van der Waals surface area contributed by atoms with E-state index in [9.17, 15) is 19.2 Å². The zero-order valence-corrected chi connectivity index (χ0v) is 32.9. The first-order valence-corrected chi connectivity index (χ1v) is 18.2. The van der Waals surface area contributed by atoms with Crippen molar-refractivity contribution in [3.05, 3.63) is 77.4 Å². The summed E-state index contributed by atoms with van der Waals surface area (Å²) in [5, 5.41) is 5.55. The summed E-state index contributed by atoms with van der Waals surface area (Å²) in [7, 11) is 7.00. The molecule has 0 heterocycles. The number of methoxy groups -OCH3 is 1. The number of nitrogens with one attached hydrogen (secondary N) is 2. The van der Waals surface area contributed by atoms with Gasteiger partial charge < -0.3 is 44.1 Å². The van der Waals surface area contributed by atoms with Gasteiger partial charge in [-0.05, 0) is 116 Å². The van der Waals surface area contributed by atoms with E-state index in [1.807, 2.05) is 44.1 Å². The number of aryl methyl sites for hydroxylation is 1. The molecule has 2 N–H and O–H groups in total. The Balaban J connectivity index is 1.58. The van der Waals surface area contributed by atoms with Crippen molar-refractivity contribution >= 4 is 35.3 Å². The smallest absolute Gasteiger partial charge is 0.407 e. The lowest BCUT2D eigenvalue weighted by Crippen LogP contribution is -2.33. The van der Waals surface area contributed by atoms with Crippen molar-refractivity contribution in [3.8, 4) is 17.2 Å². The summed E-state index contributed by atoms with van der Waals surface area (Å²) in [4.78, 5) is 54.4. The number of nitrogens with zero attached hydrogens (tertiary/aromatic N) is 2. The Morgan fingerprint density at radius 3 is 2.22 bits per heavy atom. The molecule has 0 atom stereocenters. The number of alkyl carbamates (subject to hydrolysis) is 1. The van der Waals surface area contributed by atoms with Crippen molar-refractivity contribution in [2.24, 2.45) is 0 Å². The molecule has 0 unspecified atom stereocenters. The van der Waals surface area contributed by atoms with Gasteiger partial charge in [-0.3, -0.25) is 14.4 Å². The van der Waals surface area contributed by atoms with Gasteiger partial charge in [0.1, 0.15) is 29.5 Å². The monoisotopic (exact) mass is 748 g/mol. The molecule has 0 aliphatic heterocycles. The fourth-order valence-corrected chi connectivity index (χ4v) is 5.12. The van der Waals surface area contributed by atoms with Crippen molar-refractivity contribution in [1.29, 1.82) is 0 Å². The second-order valence-corrected chi connectivity index (χ2v) is 14.0. The third-order valence-corrected chi connectivity index (χ3v) is 7.94. The van der Waals surface area contributed by atoms with Crippen LogP contribution in [0.25, 0.3) is 0 Å². The average Bonchev–Trinajstić information content (AvgIpc) is 3.11. The molecule has 54 heavy (non-hydrogen) atoms. The van der Waals surface area contributed by atoms with E-state index in [0.717, 1.165) is 18.4 Å². The summed E-state index contributed by atoms with van der Waals surface area (Å²) in [6.07, 6.45) is 2.61. The maximum Gasteiger partial charge on any atom is 0.407 e. The predicted molar refractivity (Wildman–Crippen MR) is 209 cm³/mol. The molecule has 0 saturated carbocycles. The number of carbonyl (C=O) groups is 4. The molecule has 0 saturated heterocycles. The van der Waals surface area contributed by atoms with Gasteiger partial charge in [-0.2, -0.15) is 0 Å². The molecule has 0 aliphatic carbocycles. The fourth-order valence-electron chi connectivity index (χ4n) is 5.12. The van der Waals surface area contributed by atoms with Crippen LogP contribution in [-0.2, 0) is 14.3 Å². The number of hydrogen-bond donors (Lipinski definition) is 2. The lowest BCUT2D eigenvalue weighted by Gasteiger charge is -2.22. The summed E-state index contributed by atoms with van der Waals surface area (Å²) < 4.78 is 28.1. The zero-order chi connectivity index (χ0) is 39.7. The van der Waals surface area contributed by atoms with Crippen LogP contribution < -0.4 is 29.7 Å². The normalized spacial score (nSPS) is 11.1. The number of unbranched alkanes of at least 4 members (excludes halogenated alkanes) is 2. The number of benzene rings is 3. The molecule has 0 fully saturated rings. The lowest BCUT2D eigenvalue weighted by molar-refractivity contribution is -0.144. The minimum absolute atomic E-state index is 0.194. The van der Waals surface area contributed by atoms with Crippen LogP contribution in [0.1, 0.15) is 79.2 Å². The van der Waals surface area contributed by atoms with Crippen LogP contribution in [0.15, 0.2) is 60.7 Å². The van der Waals surface area contributed by atoms with Crippen LogP contribution in [0, 0.1) is 6.92 Å². The SMILES string of the molecule is COc1cc(C(=O)N(C)c2ccc(C)cc2OCCCCCC(=O)OCCN(C)C)ccc1NC(=O)c1ccccc1OCCCNC(=O)OC(C)(C)C. The molecule has 13 heteroatoms. The van der Waals surface area contributed by atoms with E-state index in [1.54, 1.807) is 70.3 Å². The molecule has 0 aromatic heterocycles. The number of ether oxygens (including phenoxy) is 5. The van der Waals surface area contributed by atoms with Gasteiger partial charge >= 0.3 is 12.1 Å². The molecule has 0 aliphatic rings. The standard InChI is InChI=1S/C41H56N4O9/c1-29-18-21-33(36(27-29)52-24-13-9-10-17-37(46)53-26-23-44(5)6)45(7)39(48)30-19-20-32(35(28-30)50-8)43-38(47)31-15-11-12-16-34(31)51-25-14-22-42-40(49)54-41(2,3)4/h11-12,15-16,18-21,27-28H,9-10,13-14,17,22-26H2,1-8H3,(H,42,49)(H,43,47). The number of hydrogen-bond acceptors (Lipinski definition) is 10. The van der Waals surface area contributed by atoms with Gasteiger partial charge in [0.2, 0.25) is 0 Å².